The van der Waals surface area contributed by atoms with Gasteiger partial charge in [0.2, 0.25) is 5.91 Å². The number of carboxylic acid groups (broad SMARTS) is 1. The Hall–Kier alpha value is -2.57. The van der Waals surface area contributed by atoms with E-state index in [-0.39, 0.29) is 18.2 Å². The summed E-state index contributed by atoms with van der Waals surface area (Å²) in [6, 6.07) is 7.96. The van der Waals surface area contributed by atoms with E-state index in [1.807, 2.05) is 18.2 Å². The molecule has 2 unspecified atom stereocenters. The minimum atomic E-state index is -0.809. The second-order valence-electron chi connectivity index (χ2n) is 6.41. The summed E-state index contributed by atoms with van der Waals surface area (Å²) in [6.07, 6.45) is 2.50. The second kappa shape index (κ2) is 9.05. The average molecular weight is 347 g/mol. The molecule has 3 N–H and O–H groups in total. The van der Waals surface area contributed by atoms with Crippen LogP contribution in [0.15, 0.2) is 30.3 Å². The Morgan fingerprint density at radius 2 is 2.00 bits per heavy atom. The van der Waals surface area contributed by atoms with Crippen LogP contribution in [0.2, 0.25) is 0 Å². The highest BCUT2D eigenvalue weighted by molar-refractivity contribution is 5.93. The van der Waals surface area contributed by atoms with Crippen molar-refractivity contribution in [3.05, 3.63) is 30.3 Å². The summed E-state index contributed by atoms with van der Waals surface area (Å²) in [5.74, 6) is -0.738. The van der Waals surface area contributed by atoms with Crippen LogP contribution in [0.1, 0.15) is 32.6 Å². The Morgan fingerprint density at radius 1 is 1.28 bits per heavy atom. The topological polar surface area (TPSA) is 98.7 Å². The maximum atomic E-state index is 12.5. The summed E-state index contributed by atoms with van der Waals surface area (Å²) in [6.45, 7) is 2.86. The number of likely N-dealkylation sites (tertiary alicyclic amines) is 1. The van der Waals surface area contributed by atoms with Crippen LogP contribution in [-0.2, 0) is 9.59 Å². The van der Waals surface area contributed by atoms with Gasteiger partial charge in [0.05, 0.1) is 0 Å². The maximum absolute atomic E-state index is 12.5. The van der Waals surface area contributed by atoms with Gasteiger partial charge in [-0.05, 0) is 44.2 Å². The van der Waals surface area contributed by atoms with Crippen molar-refractivity contribution in [2.24, 2.45) is 5.92 Å². The molecule has 1 saturated heterocycles. The number of carbonyl (C=O) groups excluding carboxylic acids is 2. The average Bonchev–Trinajstić information content (AvgIpc) is 2.60. The Kier molecular flexibility index (Phi) is 6.80. The number of hydrogen-bond donors (Lipinski definition) is 3. The van der Waals surface area contributed by atoms with Crippen LogP contribution in [0.3, 0.4) is 0 Å². The van der Waals surface area contributed by atoms with Crippen molar-refractivity contribution in [2.45, 2.75) is 38.6 Å². The molecule has 0 bridgehead atoms. The van der Waals surface area contributed by atoms with Gasteiger partial charge >= 0.3 is 12.0 Å². The predicted octanol–water partition coefficient (Wildman–Crippen LogP) is 2.30. The number of aliphatic carboxylic acids is 1. The standard InChI is InChI=1S/C18H25N3O4/c1-13(19-18(25)20-15-7-3-2-4-8-15)17(24)21-11-5-6-14(12-21)9-10-16(22)23/h2-4,7-8,13-14H,5-6,9-12H2,1H3,(H,22,23)(H2,19,20,25). The van der Waals surface area contributed by atoms with Crippen molar-refractivity contribution in [1.82, 2.24) is 10.2 Å². The zero-order valence-electron chi connectivity index (χ0n) is 14.4. The molecule has 1 aromatic rings. The predicted molar refractivity (Wildman–Crippen MR) is 94.2 cm³/mol. The lowest BCUT2D eigenvalue weighted by atomic mass is 9.93. The molecule has 1 aliphatic rings. The molecule has 2 rings (SSSR count). The molecule has 2 atom stereocenters. The van der Waals surface area contributed by atoms with E-state index in [4.69, 9.17) is 5.11 Å². The molecule has 0 radical (unpaired) electrons. The molecular weight excluding hydrogens is 322 g/mol. The zero-order valence-corrected chi connectivity index (χ0v) is 14.4. The summed E-state index contributed by atoms with van der Waals surface area (Å²) in [5.41, 5.74) is 0.659. The van der Waals surface area contributed by atoms with E-state index in [9.17, 15) is 14.4 Å². The molecule has 0 aromatic heterocycles. The van der Waals surface area contributed by atoms with Crippen molar-refractivity contribution in [1.29, 1.82) is 0 Å². The van der Waals surface area contributed by atoms with Crippen molar-refractivity contribution < 1.29 is 19.5 Å². The van der Waals surface area contributed by atoms with Crippen LogP contribution in [-0.4, -0.2) is 47.0 Å². The van der Waals surface area contributed by atoms with Gasteiger partial charge in [-0.25, -0.2) is 4.79 Å². The molecule has 1 heterocycles. The molecule has 25 heavy (non-hydrogen) atoms. The first-order chi connectivity index (χ1) is 12.0. The minimum absolute atomic E-state index is 0.125. The highest BCUT2D eigenvalue weighted by Crippen LogP contribution is 2.21. The monoisotopic (exact) mass is 347 g/mol. The lowest BCUT2D eigenvalue weighted by molar-refractivity contribution is -0.137. The van der Waals surface area contributed by atoms with Gasteiger partial charge in [0, 0.05) is 25.2 Å². The van der Waals surface area contributed by atoms with Crippen LogP contribution in [0.25, 0.3) is 0 Å². The van der Waals surface area contributed by atoms with E-state index in [0.29, 0.717) is 25.2 Å². The molecular formula is C18H25N3O4. The first kappa shape index (κ1) is 18.8. The molecule has 7 heteroatoms. The van der Waals surface area contributed by atoms with Crippen LogP contribution in [0.4, 0.5) is 10.5 Å². The summed E-state index contributed by atoms with van der Waals surface area (Å²) in [4.78, 5) is 37.0. The Balaban J connectivity index is 1.82. The quantitative estimate of drug-likeness (QED) is 0.735. The number of hydrogen-bond acceptors (Lipinski definition) is 3. The Morgan fingerprint density at radius 3 is 2.68 bits per heavy atom. The van der Waals surface area contributed by atoms with Crippen molar-refractivity contribution >= 4 is 23.6 Å². The normalized spacial score (nSPS) is 18.3. The number of anilines is 1. The van der Waals surface area contributed by atoms with Gasteiger partial charge in [-0.1, -0.05) is 18.2 Å². The summed E-state index contributed by atoms with van der Waals surface area (Å²) < 4.78 is 0. The van der Waals surface area contributed by atoms with Gasteiger partial charge in [0.15, 0.2) is 0 Å². The zero-order chi connectivity index (χ0) is 18.2. The number of piperidine rings is 1. The minimum Gasteiger partial charge on any atom is -0.481 e. The van der Waals surface area contributed by atoms with Crippen LogP contribution in [0, 0.1) is 5.92 Å². The smallest absolute Gasteiger partial charge is 0.319 e. The lowest BCUT2D eigenvalue weighted by Gasteiger charge is -2.34. The Bertz CT molecular complexity index is 606. The molecule has 7 nitrogen and oxygen atoms in total. The van der Waals surface area contributed by atoms with Crippen molar-refractivity contribution in [2.75, 3.05) is 18.4 Å². The van der Waals surface area contributed by atoms with E-state index in [1.54, 1.807) is 24.0 Å². The molecule has 1 aliphatic heterocycles. The van der Waals surface area contributed by atoms with Crippen LogP contribution in [0.5, 0.6) is 0 Å². The number of urea groups is 1. The summed E-state index contributed by atoms with van der Waals surface area (Å²) in [5, 5.41) is 14.1. The molecule has 0 aliphatic carbocycles. The third-order valence-electron chi connectivity index (χ3n) is 4.35. The van der Waals surface area contributed by atoms with E-state index in [0.717, 1.165) is 12.8 Å². The third-order valence-corrected chi connectivity index (χ3v) is 4.35. The lowest BCUT2D eigenvalue weighted by Crippen LogP contribution is -2.50. The number of amides is 3. The largest absolute Gasteiger partial charge is 0.481 e. The molecule has 1 aromatic carbocycles. The number of benzene rings is 1. The SMILES string of the molecule is CC(NC(=O)Nc1ccccc1)C(=O)N1CCCC(CCC(=O)O)C1. The highest BCUT2D eigenvalue weighted by Gasteiger charge is 2.27. The number of carbonyl (C=O) groups is 3. The number of para-hydroxylation sites is 1. The van der Waals surface area contributed by atoms with Crippen molar-refractivity contribution in [3.63, 3.8) is 0 Å². The molecule has 3 amide bonds. The van der Waals surface area contributed by atoms with E-state index < -0.39 is 18.0 Å². The van der Waals surface area contributed by atoms with Gasteiger partial charge < -0.3 is 20.6 Å². The number of rotatable bonds is 6. The van der Waals surface area contributed by atoms with Crippen LogP contribution < -0.4 is 10.6 Å². The fourth-order valence-electron chi connectivity index (χ4n) is 3.05. The second-order valence-corrected chi connectivity index (χ2v) is 6.41. The van der Waals surface area contributed by atoms with Gasteiger partial charge in [0.25, 0.3) is 0 Å². The van der Waals surface area contributed by atoms with E-state index in [2.05, 4.69) is 10.6 Å². The van der Waals surface area contributed by atoms with Crippen LogP contribution >= 0.6 is 0 Å². The first-order valence-electron chi connectivity index (χ1n) is 8.59. The first-order valence-corrected chi connectivity index (χ1v) is 8.59. The van der Waals surface area contributed by atoms with Gasteiger partial charge in [-0.3, -0.25) is 9.59 Å². The third kappa shape index (κ3) is 6.10. The number of nitrogens with zero attached hydrogens (tertiary/aromatic N) is 1. The fraction of sp³-hybridized carbons (Fsp3) is 0.500. The maximum Gasteiger partial charge on any atom is 0.319 e. The highest BCUT2D eigenvalue weighted by atomic mass is 16.4. The van der Waals surface area contributed by atoms with E-state index in [1.165, 1.54) is 0 Å². The molecule has 0 saturated carbocycles. The molecule has 0 spiro atoms. The molecule has 136 valence electrons. The van der Waals surface area contributed by atoms with Gasteiger partial charge in [0.1, 0.15) is 6.04 Å². The number of nitrogens with one attached hydrogen (secondary N) is 2. The van der Waals surface area contributed by atoms with E-state index >= 15 is 0 Å². The van der Waals surface area contributed by atoms with Gasteiger partial charge in [-0.15, -0.1) is 0 Å². The Labute approximate surface area is 147 Å². The fourth-order valence-corrected chi connectivity index (χ4v) is 3.05. The van der Waals surface area contributed by atoms with Gasteiger partial charge in [-0.2, -0.15) is 0 Å². The summed E-state index contributed by atoms with van der Waals surface area (Å²) >= 11 is 0. The van der Waals surface area contributed by atoms with Crippen molar-refractivity contribution in [3.8, 4) is 0 Å². The number of carboxylic acids is 1. The molecule has 1 fully saturated rings. The summed E-state index contributed by atoms with van der Waals surface area (Å²) in [7, 11) is 0.